The molecule has 3 amide bonds. The van der Waals surface area contributed by atoms with Crippen LogP contribution in [0.15, 0.2) is 41.5 Å². The minimum absolute atomic E-state index is 0.0168. The van der Waals surface area contributed by atoms with Crippen LogP contribution in [0.25, 0.3) is 11.0 Å². The van der Waals surface area contributed by atoms with Crippen molar-refractivity contribution in [1.29, 1.82) is 0 Å². The predicted octanol–water partition coefficient (Wildman–Crippen LogP) is 5.60. The van der Waals surface area contributed by atoms with Crippen LogP contribution < -0.4 is 26.0 Å². The molecule has 10 rings (SSSR count). The van der Waals surface area contributed by atoms with Crippen LogP contribution in [0.4, 0.5) is 27.5 Å². The Morgan fingerprint density at radius 2 is 1.52 bits per heavy atom. The zero-order valence-electron chi connectivity index (χ0n) is 38.8. The number of benzene rings is 1. The maximum Gasteiger partial charge on any atom is 0.263 e. The first-order chi connectivity index (χ1) is 32.5. The Balaban J connectivity index is 0.646. The largest absolute Gasteiger partial charge is 0.369 e. The van der Waals surface area contributed by atoms with E-state index in [1.807, 2.05) is 12.3 Å². The molecule has 1 aromatic carbocycles. The van der Waals surface area contributed by atoms with Gasteiger partial charge in [-0.05, 0) is 126 Å². The van der Waals surface area contributed by atoms with Crippen molar-refractivity contribution in [2.45, 2.75) is 103 Å². The second-order valence-corrected chi connectivity index (χ2v) is 19.8. The van der Waals surface area contributed by atoms with E-state index in [9.17, 15) is 24.0 Å². The molecular formula is C50H62FN11O5. The number of rotatable bonds is 12. The number of imide groups is 1. The molecular weight excluding hydrogens is 854 g/mol. The molecule has 3 aromatic heterocycles. The number of fused-ring (bicyclic) bond motifs is 2. The van der Waals surface area contributed by atoms with Gasteiger partial charge in [0.15, 0.2) is 5.78 Å². The molecule has 2 N–H and O–H groups in total. The number of nitrogens with one attached hydrogen (secondary N) is 2. The van der Waals surface area contributed by atoms with Crippen molar-refractivity contribution in [3.05, 3.63) is 75.1 Å². The summed E-state index contributed by atoms with van der Waals surface area (Å²) < 4.78 is 17.2. The summed E-state index contributed by atoms with van der Waals surface area (Å²) in [6.07, 6.45) is 13.7. The number of aryl methyl sites for hydroxylation is 1. The molecule has 1 aliphatic carbocycles. The number of aromatic nitrogens is 4. The lowest BCUT2D eigenvalue weighted by Gasteiger charge is -2.39. The van der Waals surface area contributed by atoms with E-state index in [1.54, 1.807) is 23.8 Å². The zero-order valence-corrected chi connectivity index (χ0v) is 38.8. The van der Waals surface area contributed by atoms with Gasteiger partial charge < -0.3 is 24.9 Å². The number of ketones is 1. The molecule has 6 aliphatic rings. The number of Topliss-reactive ketones (excluding diaryl/α,β-unsaturated/α-hetero) is 1. The quantitative estimate of drug-likeness (QED) is 0.133. The molecule has 0 radical (unpaired) electrons. The van der Waals surface area contributed by atoms with Crippen molar-refractivity contribution in [1.82, 2.24) is 39.5 Å². The third kappa shape index (κ3) is 9.28. The molecule has 5 aliphatic heterocycles. The molecule has 0 bridgehead atoms. The van der Waals surface area contributed by atoms with E-state index >= 15 is 4.39 Å². The number of piperidine rings is 3. The molecule has 16 nitrogen and oxygen atoms in total. The highest BCUT2D eigenvalue weighted by Gasteiger charge is 2.40. The molecule has 4 aromatic rings. The number of nitrogens with zero attached hydrogens (tertiary/aromatic N) is 9. The summed E-state index contributed by atoms with van der Waals surface area (Å²) in [7, 11) is 0. The van der Waals surface area contributed by atoms with Crippen LogP contribution in [0, 0.1) is 24.6 Å². The van der Waals surface area contributed by atoms with Crippen molar-refractivity contribution in [3.8, 4) is 0 Å². The highest BCUT2D eigenvalue weighted by atomic mass is 19.1. The third-order valence-electron chi connectivity index (χ3n) is 15.6. The number of hydrogen-bond acceptors (Lipinski definition) is 13. The summed E-state index contributed by atoms with van der Waals surface area (Å²) in [6.45, 7) is 13.4. The van der Waals surface area contributed by atoms with Gasteiger partial charge in [0, 0.05) is 88.5 Å². The Hall–Kier alpha value is -5.81. The topological polar surface area (TPSA) is 169 Å². The molecule has 67 heavy (non-hydrogen) atoms. The molecule has 0 spiro atoms. The Bertz CT molecular complexity index is 2610. The minimum atomic E-state index is -0.711. The Morgan fingerprint density at radius 1 is 0.821 bits per heavy atom. The van der Waals surface area contributed by atoms with E-state index in [-0.39, 0.29) is 54.1 Å². The van der Waals surface area contributed by atoms with Crippen molar-refractivity contribution < 1.29 is 23.6 Å². The van der Waals surface area contributed by atoms with Gasteiger partial charge in [-0.1, -0.05) is 12.8 Å². The summed E-state index contributed by atoms with van der Waals surface area (Å²) in [4.78, 5) is 88.6. The average molecular weight is 916 g/mol. The van der Waals surface area contributed by atoms with Crippen molar-refractivity contribution in [2.24, 2.45) is 11.8 Å². The van der Waals surface area contributed by atoms with Gasteiger partial charge in [-0.25, -0.2) is 14.4 Å². The van der Waals surface area contributed by atoms with Crippen molar-refractivity contribution in [3.63, 3.8) is 0 Å². The number of anilines is 4. The van der Waals surface area contributed by atoms with Gasteiger partial charge in [-0.15, -0.1) is 0 Å². The second kappa shape index (κ2) is 19.1. The van der Waals surface area contributed by atoms with E-state index in [0.29, 0.717) is 40.1 Å². The number of pyridine rings is 2. The number of hydrogen-bond donors (Lipinski definition) is 2. The summed E-state index contributed by atoms with van der Waals surface area (Å²) in [5.41, 5.74) is 3.80. The number of halogens is 1. The molecule has 17 heteroatoms. The van der Waals surface area contributed by atoms with Crippen LogP contribution in [0.1, 0.15) is 115 Å². The highest BCUT2D eigenvalue weighted by Crippen LogP contribution is 2.37. The SMILES string of the molecule is CC(=O)c1c(C)c2cnc(Nc3ccc(N4CCN(CCN5CCC(CC6CCN(c7cc8c(cc7F)C(=O)N(C7CCC(=O)NC7=O)C8)CC6)CC5)CC4)cn3)nc2n(C2CCCC2)c1=O. The lowest BCUT2D eigenvalue weighted by Crippen LogP contribution is -2.52. The van der Waals surface area contributed by atoms with Crippen molar-refractivity contribution >= 4 is 57.7 Å². The zero-order chi connectivity index (χ0) is 46.3. The molecule has 354 valence electrons. The van der Waals surface area contributed by atoms with E-state index in [0.717, 1.165) is 127 Å². The van der Waals surface area contributed by atoms with Crippen LogP contribution in [0.2, 0.25) is 0 Å². The maximum absolute atomic E-state index is 15.5. The Morgan fingerprint density at radius 3 is 2.19 bits per heavy atom. The number of likely N-dealkylation sites (tertiary alicyclic amines) is 1. The molecule has 1 saturated carbocycles. The van der Waals surface area contributed by atoms with E-state index in [2.05, 4.69) is 41.3 Å². The standard InChI is InChI=1S/C50H62FN11O5/c1-31-39-29-53-50(56-46(39)62(36-5-3-4-6-36)49(67)45(31)32(2)63)54-43-9-7-37(28-52-43)59-23-21-58(22-24-59)20-19-57-15-11-33(12-16-57)25-34-13-17-60(18-14-34)42-26-35-30-61(48(66)38(35)27-40(42)51)41-8-10-44(64)55-47(41)65/h7,9,26-29,33-34,36,41H,3-6,8,10-25,30H2,1-2H3,(H,55,64,65)(H,52,53,54,56). The summed E-state index contributed by atoms with van der Waals surface area (Å²) in [5, 5.41) is 6.29. The van der Waals surface area contributed by atoms with Gasteiger partial charge in [-0.2, -0.15) is 4.98 Å². The van der Waals surface area contributed by atoms with Crippen LogP contribution >= 0.6 is 0 Å². The van der Waals surface area contributed by atoms with Gasteiger partial charge >= 0.3 is 0 Å². The Kier molecular flexibility index (Phi) is 12.8. The number of amides is 3. The van der Waals surface area contributed by atoms with Gasteiger partial charge in [0.1, 0.15) is 23.3 Å². The predicted molar refractivity (Wildman–Crippen MR) is 253 cm³/mol. The van der Waals surface area contributed by atoms with Crippen LogP contribution in [0.5, 0.6) is 0 Å². The first kappa shape index (κ1) is 45.0. The Labute approximate surface area is 390 Å². The van der Waals surface area contributed by atoms with Gasteiger partial charge in [0.05, 0.1) is 23.1 Å². The van der Waals surface area contributed by atoms with Crippen LogP contribution in [0.3, 0.4) is 0 Å². The average Bonchev–Trinajstić information content (AvgIpc) is 3.97. The molecule has 5 fully saturated rings. The van der Waals surface area contributed by atoms with E-state index < -0.39 is 17.8 Å². The smallest absolute Gasteiger partial charge is 0.263 e. The summed E-state index contributed by atoms with van der Waals surface area (Å²) in [6, 6.07) is 6.47. The van der Waals surface area contributed by atoms with Gasteiger partial charge in [0.25, 0.3) is 11.5 Å². The van der Waals surface area contributed by atoms with Crippen LogP contribution in [-0.4, -0.2) is 129 Å². The minimum Gasteiger partial charge on any atom is -0.369 e. The lowest BCUT2D eigenvalue weighted by molar-refractivity contribution is -0.136. The van der Waals surface area contributed by atoms with Gasteiger partial charge in [0.2, 0.25) is 17.8 Å². The van der Waals surface area contributed by atoms with Crippen molar-refractivity contribution in [2.75, 3.05) is 80.6 Å². The fourth-order valence-electron chi connectivity index (χ4n) is 11.7. The van der Waals surface area contributed by atoms with E-state index in [1.165, 1.54) is 37.2 Å². The van der Waals surface area contributed by atoms with Crippen LogP contribution in [-0.2, 0) is 16.1 Å². The monoisotopic (exact) mass is 915 g/mol. The third-order valence-corrected chi connectivity index (χ3v) is 15.6. The normalized spacial score (nSPS) is 21.7. The fourth-order valence-corrected chi connectivity index (χ4v) is 11.7. The first-order valence-corrected chi connectivity index (χ1v) is 24.5. The number of carbonyl (C=O) groups excluding carboxylic acids is 4. The molecule has 1 atom stereocenters. The van der Waals surface area contributed by atoms with Gasteiger partial charge in [-0.3, -0.25) is 38.8 Å². The number of piperazine rings is 1. The van der Waals surface area contributed by atoms with E-state index in [4.69, 9.17) is 9.97 Å². The maximum atomic E-state index is 15.5. The first-order valence-electron chi connectivity index (χ1n) is 24.5. The highest BCUT2D eigenvalue weighted by molar-refractivity contribution is 6.05. The molecule has 8 heterocycles. The summed E-state index contributed by atoms with van der Waals surface area (Å²) in [5.74, 6) is 0.565. The fraction of sp³-hybridized carbons (Fsp3) is 0.560. The molecule has 4 saturated heterocycles. The number of carbonyl (C=O) groups is 4. The summed E-state index contributed by atoms with van der Waals surface area (Å²) >= 11 is 0. The second-order valence-electron chi connectivity index (χ2n) is 19.8. The molecule has 1 unspecified atom stereocenters. The lowest BCUT2D eigenvalue weighted by atomic mass is 9.82.